The first-order valence-electron chi connectivity index (χ1n) is 8.03. The summed E-state index contributed by atoms with van der Waals surface area (Å²) in [4.78, 5) is 0. The summed E-state index contributed by atoms with van der Waals surface area (Å²) in [6, 6.07) is 0.820. The second-order valence-electron chi connectivity index (χ2n) is 6.40. The Bertz CT molecular complexity index is 222. The maximum atomic E-state index is 3.90. The highest BCUT2D eigenvalue weighted by molar-refractivity contribution is 4.97. The van der Waals surface area contributed by atoms with Crippen molar-refractivity contribution in [2.45, 2.75) is 71.8 Å². The summed E-state index contributed by atoms with van der Waals surface area (Å²) >= 11 is 0. The summed E-state index contributed by atoms with van der Waals surface area (Å²) in [6.45, 7) is 8.26. The number of rotatable bonds is 7. The molecule has 0 aliphatic heterocycles. The topological polar surface area (TPSA) is 12.0 Å². The molecular formula is C16H31N. The van der Waals surface area contributed by atoms with E-state index in [2.05, 4.69) is 26.1 Å². The molecule has 0 aromatic rings. The standard InChI is InChI=1S/C16H31N/c1-4-9-17-16(13(5-2)6-3)15-11-12-7-8-14(15)10-12/h12-17H,4-11H2,1-3H3. The normalized spacial score (nSPS) is 33.5. The van der Waals surface area contributed by atoms with Gasteiger partial charge in [0.05, 0.1) is 0 Å². The Labute approximate surface area is 108 Å². The van der Waals surface area contributed by atoms with Crippen molar-refractivity contribution in [3.8, 4) is 0 Å². The summed E-state index contributed by atoms with van der Waals surface area (Å²) in [6.07, 6.45) is 10.1. The van der Waals surface area contributed by atoms with Crippen molar-refractivity contribution in [3.05, 3.63) is 0 Å². The number of hydrogen-bond acceptors (Lipinski definition) is 1. The van der Waals surface area contributed by atoms with Gasteiger partial charge in [-0.3, -0.25) is 0 Å². The highest BCUT2D eigenvalue weighted by Gasteiger charge is 2.44. The summed E-state index contributed by atoms with van der Waals surface area (Å²) in [5.41, 5.74) is 0. The van der Waals surface area contributed by atoms with Crippen LogP contribution >= 0.6 is 0 Å². The fraction of sp³-hybridized carbons (Fsp3) is 1.00. The molecule has 0 aromatic heterocycles. The maximum Gasteiger partial charge on any atom is 0.0126 e. The van der Waals surface area contributed by atoms with Crippen LogP contribution in [-0.4, -0.2) is 12.6 Å². The van der Waals surface area contributed by atoms with E-state index in [4.69, 9.17) is 0 Å². The van der Waals surface area contributed by atoms with Crippen molar-refractivity contribution in [2.24, 2.45) is 23.7 Å². The first-order valence-corrected chi connectivity index (χ1v) is 8.03. The summed E-state index contributed by atoms with van der Waals surface area (Å²) in [5.74, 6) is 4.07. The van der Waals surface area contributed by atoms with Gasteiger partial charge in [0.15, 0.2) is 0 Å². The molecular weight excluding hydrogens is 206 g/mol. The van der Waals surface area contributed by atoms with E-state index in [-0.39, 0.29) is 0 Å². The van der Waals surface area contributed by atoms with Gasteiger partial charge in [-0.15, -0.1) is 0 Å². The Morgan fingerprint density at radius 2 is 1.82 bits per heavy atom. The maximum absolute atomic E-state index is 3.90. The third kappa shape index (κ3) is 2.86. The van der Waals surface area contributed by atoms with Crippen LogP contribution in [0.3, 0.4) is 0 Å². The van der Waals surface area contributed by atoms with E-state index in [0.29, 0.717) is 0 Å². The largest absolute Gasteiger partial charge is 0.313 e. The molecule has 2 fully saturated rings. The van der Waals surface area contributed by atoms with E-state index in [0.717, 1.165) is 29.7 Å². The van der Waals surface area contributed by atoms with E-state index in [1.807, 2.05) is 0 Å². The summed E-state index contributed by atoms with van der Waals surface area (Å²) < 4.78 is 0. The van der Waals surface area contributed by atoms with Gasteiger partial charge >= 0.3 is 0 Å². The van der Waals surface area contributed by atoms with Gasteiger partial charge in [0.1, 0.15) is 0 Å². The third-order valence-corrected chi connectivity index (χ3v) is 5.44. The Kier molecular flexibility index (Phi) is 4.90. The predicted octanol–water partition coefficient (Wildman–Crippen LogP) is 4.23. The number of hydrogen-bond donors (Lipinski definition) is 1. The zero-order valence-corrected chi connectivity index (χ0v) is 12.0. The number of nitrogens with one attached hydrogen (secondary N) is 1. The minimum Gasteiger partial charge on any atom is -0.313 e. The van der Waals surface area contributed by atoms with Gasteiger partial charge in [0, 0.05) is 6.04 Å². The van der Waals surface area contributed by atoms with Crippen LogP contribution in [0.2, 0.25) is 0 Å². The van der Waals surface area contributed by atoms with Crippen LogP contribution in [-0.2, 0) is 0 Å². The van der Waals surface area contributed by atoms with E-state index in [1.165, 1.54) is 45.1 Å². The second-order valence-corrected chi connectivity index (χ2v) is 6.40. The van der Waals surface area contributed by atoms with Crippen molar-refractivity contribution in [2.75, 3.05) is 6.54 Å². The van der Waals surface area contributed by atoms with E-state index in [9.17, 15) is 0 Å². The first kappa shape index (κ1) is 13.4. The van der Waals surface area contributed by atoms with Gasteiger partial charge in [-0.05, 0) is 55.9 Å². The van der Waals surface area contributed by atoms with Gasteiger partial charge in [0.2, 0.25) is 0 Å². The van der Waals surface area contributed by atoms with Crippen LogP contribution in [0.1, 0.15) is 65.7 Å². The molecule has 2 aliphatic rings. The molecule has 0 radical (unpaired) electrons. The van der Waals surface area contributed by atoms with Crippen molar-refractivity contribution < 1.29 is 0 Å². The quantitative estimate of drug-likeness (QED) is 0.699. The van der Waals surface area contributed by atoms with Crippen molar-refractivity contribution in [1.29, 1.82) is 0 Å². The van der Waals surface area contributed by atoms with Crippen LogP contribution in [0.5, 0.6) is 0 Å². The Hall–Kier alpha value is -0.0400. The zero-order chi connectivity index (χ0) is 12.3. The Balaban J connectivity index is 1.98. The van der Waals surface area contributed by atoms with Crippen molar-refractivity contribution in [1.82, 2.24) is 5.32 Å². The van der Waals surface area contributed by atoms with Gasteiger partial charge in [0.25, 0.3) is 0 Å². The fourth-order valence-corrected chi connectivity index (χ4v) is 4.51. The van der Waals surface area contributed by atoms with Crippen LogP contribution < -0.4 is 5.32 Å². The zero-order valence-electron chi connectivity index (χ0n) is 12.0. The minimum atomic E-state index is 0.820. The van der Waals surface area contributed by atoms with Crippen LogP contribution in [0.15, 0.2) is 0 Å². The molecule has 4 atom stereocenters. The molecule has 17 heavy (non-hydrogen) atoms. The van der Waals surface area contributed by atoms with E-state index < -0.39 is 0 Å². The highest BCUT2D eigenvalue weighted by atomic mass is 14.9. The molecule has 2 aliphatic carbocycles. The molecule has 2 bridgehead atoms. The molecule has 0 spiro atoms. The Morgan fingerprint density at radius 3 is 2.29 bits per heavy atom. The molecule has 0 aromatic carbocycles. The summed E-state index contributed by atoms with van der Waals surface area (Å²) in [7, 11) is 0. The molecule has 0 amide bonds. The molecule has 4 unspecified atom stereocenters. The molecule has 100 valence electrons. The van der Waals surface area contributed by atoms with Crippen LogP contribution in [0.4, 0.5) is 0 Å². The van der Waals surface area contributed by atoms with Crippen LogP contribution in [0, 0.1) is 23.7 Å². The summed E-state index contributed by atoms with van der Waals surface area (Å²) in [5, 5.41) is 3.90. The molecule has 0 heterocycles. The van der Waals surface area contributed by atoms with Crippen LogP contribution in [0.25, 0.3) is 0 Å². The predicted molar refractivity (Wildman–Crippen MR) is 75.1 cm³/mol. The van der Waals surface area contributed by atoms with Gasteiger partial charge in [-0.2, -0.15) is 0 Å². The van der Waals surface area contributed by atoms with Gasteiger partial charge in [-0.1, -0.05) is 40.0 Å². The monoisotopic (exact) mass is 237 g/mol. The fourth-order valence-electron chi connectivity index (χ4n) is 4.51. The smallest absolute Gasteiger partial charge is 0.0126 e. The second kappa shape index (κ2) is 6.22. The van der Waals surface area contributed by atoms with E-state index >= 15 is 0 Å². The molecule has 2 saturated carbocycles. The SMILES string of the molecule is CCCNC(C(CC)CC)C1CC2CCC1C2. The number of fused-ring (bicyclic) bond motifs is 2. The lowest BCUT2D eigenvalue weighted by Gasteiger charge is -2.36. The third-order valence-electron chi connectivity index (χ3n) is 5.44. The van der Waals surface area contributed by atoms with Gasteiger partial charge < -0.3 is 5.32 Å². The molecule has 0 saturated heterocycles. The molecule has 1 nitrogen and oxygen atoms in total. The van der Waals surface area contributed by atoms with Crippen molar-refractivity contribution >= 4 is 0 Å². The molecule has 2 rings (SSSR count). The van der Waals surface area contributed by atoms with E-state index in [1.54, 1.807) is 6.42 Å². The minimum absolute atomic E-state index is 0.820. The molecule has 1 heteroatoms. The van der Waals surface area contributed by atoms with Crippen molar-refractivity contribution in [3.63, 3.8) is 0 Å². The Morgan fingerprint density at radius 1 is 1.06 bits per heavy atom. The lowest BCUT2D eigenvalue weighted by Crippen LogP contribution is -2.44. The van der Waals surface area contributed by atoms with Gasteiger partial charge in [-0.25, -0.2) is 0 Å². The first-order chi connectivity index (χ1) is 8.30. The lowest BCUT2D eigenvalue weighted by atomic mass is 9.76. The average Bonchev–Trinajstić information content (AvgIpc) is 2.96. The average molecular weight is 237 g/mol. The highest BCUT2D eigenvalue weighted by Crippen LogP contribution is 2.50. The lowest BCUT2D eigenvalue weighted by molar-refractivity contribution is 0.183. The molecule has 1 N–H and O–H groups in total.